The first-order valence-corrected chi connectivity index (χ1v) is 6.80. The molecule has 2 aromatic rings. The summed E-state index contributed by atoms with van der Waals surface area (Å²) < 4.78 is 50.2. The summed E-state index contributed by atoms with van der Waals surface area (Å²) in [7, 11) is 1.38. The summed E-state index contributed by atoms with van der Waals surface area (Å²) in [6, 6.07) is 3.95. The van der Waals surface area contributed by atoms with Gasteiger partial charge in [0.15, 0.2) is 0 Å². The van der Waals surface area contributed by atoms with E-state index in [1.165, 1.54) is 25.3 Å². The molecule has 0 spiro atoms. The number of fused-ring (bicyclic) bond motifs is 1. The summed E-state index contributed by atoms with van der Waals surface area (Å²) in [4.78, 5) is 12.0. The van der Waals surface area contributed by atoms with Gasteiger partial charge >= 0.3 is 11.8 Å². The molecule has 0 fully saturated rings. The van der Waals surface area contributed by atoms with E-state index in [1.54, 1.807) is 0 Å². The van der Waals surface area contributed by atoms with Crippen LogP contribution >= 0.6 is 0 Å². The van der Waals surface area contributed by atoms with Crippen LogP contribution in [0.3, 0.4) is 0 Å². The van der Waals surface area contributed by atoms with E-state index in [1.807, 2.05) is 6.92 Å². The summed E-state index contributed by atoms with van der Waals surface area (Å²) in [5.41, 5.74) is -2.39. The number of ether oxygens (including phenoxy) is 1. The minimum Gasteiger partial charge on any atom is -0.497 e. The van der Waals surface area contributed by atoms with Crippen molar-refractivity contribution in [2.75, 3.05) is 20.2 Å². The molecule has 0 amide bonds. The van der Waals surface area contributed by atoms with Gasteiger partial charge in [0.25, 0.3) is 0 Å². The van der Waals surface area contributed by atoms with Gasteiger partial charge in [0.1, 0.15) is 11.3 Å². The summed E-state index contributed by atoms with van der Waals surface area (Å²) in [5.74, 6) is 0.323. The van der Waals surface area contributed by atoms with Crippen molar-refractivity contribution >= 4 is 11.0 Å². The third kappa shape index (κ3) is 3.24. The van der Waals surface area contributed by atoms with E-state index in [0.717, 1.165) is 0 Å². The van der Waals surface area contributed by atoms with Gasteiger partial charge in [0.05, 0.1) is 18.2 Å². The lowest BCUT2D eigenvalue weighted by atomic mass is 10.0. The Morgan fingerprint density at radius 3 is 2.64 bits per heavy atom. The summed E-state index contributed by atoms with van der Waals surface area (Å²) in [6.45, 7) is 2.71. The average Bonchev–Trinajstić information content (AvgIpc) is 2.45. The van der Waals surface area contributed by atoms with Crippen LogP contribution in [-0.4, -0.2) is 20.2 Å². The van der Waals surface area contributed by atoms with E-state index in [0.29, 0.717) is 12.3 Å². The molecule has 1 aromatic carbocycles. The van der Waals surface area contributed by atoms with E-state index in [-0.39, 0.29) is 29.5 Å². The molecular weight excluding hydrogens is 299 g/mol. The second-order valence-corrected chi connectivity index (χ2v) is 4.71. The normalized spacial score (nSPS) is 11.9. The molecule has 0 saturated carbocycles. The Labute approximate surface area is 124 Å². The number of hydrogen-bond acceptors (Lipinski definition) is 4. The molecule has 1 aromatic heterocycles. The maximum absolute atomic E-state index is 13.4. The largest absolute Gasteiger partial charge is 0.497 e. The van der Waals surface area contributed by atoms with Gasteiger partial charge < -0.3 is 14.5 Å². The number of methoxy groups -OCH3 is 1. The van der Waals surface area contributed by atoms with Gasteiger partial charge in [0, 0.05) is 11.5 Å². The molecule has 0 bridgehead atoms. The molecule has 0 saturated heterocycles. The fraction of sp³-hybridized carbons (Fsp3) is 0.400. The van der Waals surface area contributed by atoms with Crippen molar-refractivity contribution in [3.8, 4) is 5.75 Å². The zero-order valence-electron chi connectivity index (χ0n) is 12.2. The van der Waals surface area contributed by atoms with Crippen molar-refractivity contribution in [3.63, 3.8) is 0 Å². The first-order valence-electron chi connectivity index (χ1n) is 6.80. The van der Waals surface area contributed by atoms with Gasteiger partial charge in [-0.05, 0) is 31.6 Å². The van der Waals surface area contributed by atoms with Crippen molar-refractivity contribution in [2.24, 2.45) is 0 Å². The van der Waals surface area contributed by atoms with E-state index >= 15 is 0 Å². The number of likely N-dealkylation sites (N-methyl/N-ethyl adjacent to an activating group) is 1. The fourth-order valence-electron chi connectivity index (χ4n) is 2.29. The molecule has 1 heterocycles. The van der Waals surface area contributed by atoms with Crippen molar-refractivity contribution in [1.29, 1.82) is 0 Å². The van der Waals surface area contributed by atoms with Gasteiger partial charge in [-0.15, -0.1) is 0 Å². The van der Waals surface area contributed by atoms with E-state index < -0.39 is 17.4 Å². The number of nitrogens with one attached hydrogen (secondary N) is 1. The smallest absolute Gasteiger partial charge is 0.417 e. The van der Waals surface area contributed by atoms with Gasteiger partial charge in [-0.1, -0.05) is 6.92 Å². The molecule has 0 atom stereocenters. The molecule has 4 nitrogen and oxygen atoms in total. The Bertz CT molecular complexity index is 722. The highest BCUT2D eigenvalue weighted by Gasteiger charge is 2.37. The molecule has 22 heavy (non-hydrogen) atoms. The molecular formula is C15H16F3NO3. The number of alkyl halides is 3. The SMILES string of the molecule is CCNCCc1c(C(F)(F)F)c2ccc(OC)cc2oc1=O. The first-order chi connectivity index (χ1) is 10.4. The van der Waals surface area contributed by atoms with Gasteiger partial charge in [-0.3, -0.25) is 0 Å². The van der Waals surface area contributed by atoms with Crippen molar-refractivity contribution < 1.29 is 22.3 Å². The second-order valence-electron chi connectivity index (χ2n) is 4.71. The van der Waals surface area contributed by atoms with Crippen LogP contribution in [0.25, 0.3) is 11.0 Å². The quantitative estimate of drug-likeness (QED) is 0.681. The highest BCUT2D eigenvalue weighted by molar-refractivity contribution is 5.83. The molecule has 7 heteroatoms. The van der Waals surface area contributed by atoms with Gasteiger partial charge in [-0.2, -0.15) is 13.2 Å². The maximum Gasteiger partial charge on any atom is 0.417 e. The predicted octanol–water partition coefficient (Wildman–Crippen LogP) is 2.97. The van der Waals surface area contributed by atoms with Crippen LogP contribution in [0.15, 0.2) is 27.4 Å². The molecule has 120 valence electrons. The zero-order chi connectivity index (χ0) is 16.3. The number of hydrogen-bond donors (Lipinski definition) is 1. The Balaban J connectivity index is 2.68. The topological polar surface area (TPSA) is 51.5 Å². The van der Waals surface area contributed by atoms with Crippen molar-refractivity contribution in [2.45, 2.75) is 19.5 Å². The molecule has 0 radical (unpaired) electrons. The highest BCUT2D eigenvalue weighted by atomic mass is 19.4. The zero-order valence-corrected chi connectivity index (χ0v) is 12.2. The van der Waals surface area contributed by atoms with Crippen LogP contribution in [0.2, 0.25) is 0 Å². The number of rotatable bonds is 5. The Morgan fingerprint density at radius 1 is 1.32 bits per heavy atom. The Kier molecular flexibility index (Phi) is 4.75. The summed E-state index contributed by atoms with van der Waals surface area (Å²) in [5, 5.41) is 2.76. The Hall–Kier alpha value is -2.02. The van der Waals surface area contributed by atoms with E-state index in [2.05, 4.69) is 5.32 Å². The van der Waals surface area contributed by atoms with Crippen molar-refractivity contribution in [1.82, 2.24) is 5.32 Å². The molecule has 2 rings (SSSR count). The lowest BCUT2D eigenvalue weighted by molar-refractivity contribution is -0.137. The molecule has 0 aliphatic carbocycles. The predicted molar refractivity (Wildman–Crippen MR) is 76.3 cm³/mol. The minimum absolute atomic E-state index is 0.0486. The van der Waals surface area contributed by atoms with E-state index in [9.17, 15) is 18.0 Å². The van der Waals surface area contributed by atoms with Crippen LogP contribution in [0.4, 0.5) is 13.2 Å². The highest BCUT2D eigenvalue weighted by Crippen LogP contribution is 2.37. The van der Waals surface area contributed by atoms with Crippen LogP contribution in [0, 0.1) is 0 Å². The third-order valence-corrected chi connectivity index (χ3v) is 3.29. The second kappa shape index (κ2) is 6.39. The standard InChI is InChI=1S/C15H16F3NO3/c1-3-19-7-6-11-13(15(16,17)18)10-5-4-9(21-2)8-12(10)22-14(11)20/h4-5,8,19H,3,6-7H2,1-2H3. The van der Waals surface area contributed by atoms with Gasteiger partial charge in [0.2, 0.25) is 0 Å². The molecule has 0 aliphatic rings. The average molecular weight is 315 g/mol. The fourth-order valence-corrected chi connectivity index (χ4v) is 2.29. The summed E-state index contributed by atoms with van der Waals surface area (Å²) in [6.07, 6.45) is -4.68. The third-order valence-electron chi connectivity index (χ3n) is 3.29. The van der Waals surface area contributed by atoms with Crippen LogP contribution in [-0.2, 0) is 12.6 Å². The first kappa shape index (κ1) is 16.4. The Morgan fingerprint density at radius 2 is 2.05 bits per heavy atom. The van der Waals surface area contributed by atoms with Crippen molar-refractivity contribution in [3.05, 3.63) is 39.7 Å². The van der Waals surface area contributed by atoms with E-state index in [4.69, 9.17) is 9.15 Å². The molecule has 0 unspecified atom stereocenters. The lowest BCUT2D eigenvalue weighted by Crippen LogP contribution is -2.24. The molecule has 0 aliphatic heterocycles. The summed E-state index contributed by atoms with van der Waals surface area (Å²) >= 11 is 0. The maximum atomic E-state index is 13.4. The minimum atomic E-state index is -4.63. The number of benzene rings is 1. The monoisotopic (exact) mass is 315 g/mol. The van der Waals surface area contributed by atoms with Gasteiger partial charge in [-0.25, -0.2) is 4.79 Å². The molecule has 1 N–H and O–H groups in total. The number of halogens is 3. The van der Waals surface area contributed by atoms with Crippen LogP contribution < -0.4 is 15.7 Å². The lowest BCUT2D eigenvalue weighted by Gasteiger charge is -2.15. The van der Waals surface area contributed by atoms with Crippen LogP contribution in [0.5, 0.6) is 5.75 Å². The van der Waals surface area contributed by atoms with Crippen LogP contribution in [0.1, 0.15) is 18.1 Å².